The largest absolute Gasteiger partial charge is 0.333 e. The summed E-state index contributed by atoms with van der Waals surface area (Å²) in [4.78, 5) is 2.39. The maximum atomic E-state index is 9.60. The summed E-state index contributed by atoms with van der Waals surface area (Å²) in [5.41, 5.74) is 7.16. The Balaban J connectivity index is 1.41. The van der Waals surface area contributed by atoms with Crippen LogP contribution >= 0.6 is 11.3 Å². The summed E-state index contributed by atoms with van der Waals surface area (Å²) in [6, 6.07) is 31.9. The average molecular weight is 478 g/mol. The molecular weight excluding hydrogens is 458 g/mol. The second-order valence-electron chi connectivity index (χ2n) is 9.19. The molecule has 0 bridgehead atoms. The van der Waals surface area contributed by atoms with E-state index >= 15 is 0 Å². The van der Waals surface area contributed by atoms with E-state index in [2.05, 4.69) is 95.9 Å². The quantitative estimate of drug-likeness (QED) is 0.257. The summed E-state index contributed by atoms with van der Waals surface area (Å²) in [5, 5.41) is 21.3. The molecule has 1 unspecified atom stereocenters. The molecule has 0 saturated heterocycles. The Morgan fingerprint density at radius 3 is 2.28 bits per heavy atom. The van der Waals surface area contributed by atoms with Crippen LogP contribution in [0, 0.1) is 22.7 Å². The van der Waals surface area contributed by atoms with Crippen LogP contribution in [0.3, 0.4) is 0 Å². The van der Waals surface area contributed by atoms with Gasteiger partial charge in [-0.05, 0) is 47.5 Å². The van der Waals surface area contributed by atoms with E-state index in [1.807, 2.05) is 24.3 Å². The molecule has 36 heavy (non-hydrogen) atoms. The zero-order valence-corrected chi connectivity index (χ0v) is 20.0. The minimum atomic E-state index is 0.164. The monoisotopic (exact) mass is 477 g/mol. The van der Waals surface area contributed by atoms with Crippen molar-refractivity contribution in [1.29, 1.82) is 10.5 Å². The molecule has 1 aliphatic heterocycles. The maximum absolute atomic E-state index is 9.60. The van der Waals surface area contributed by atoms with E-state index < -0.39 is 0 Å². The van der Waals surface area contributed by atoms with Gasteiger partial charge in [-0.3, -0.25) is 0 Å². The highest BCUT2D eigenvalue weighted by Crippen LogP contribution is 2.50. The van der Waals surface area contributed by atoms with Crippen molar-refractivity contribution in [2.45, 2.75) is 12.0 Å². The highest BCUT2D eigenvalue weighted by molar-refractivity contribution is 7.25. The Labute approximate surface area is 213 Å². The molecule has 3 nitrogen and oxygen atoms in total. The fraction of sp³-hybridized carbons (Fsp3) is 0.0625. The van der Waals surface area contributed by atoms with Crippen LogP contribution in [0.5, 0.6) is 0 Å². The molecular formula is C32H19N3S. The van der Waals surface area contributed by atoms with Crippen LogP contribution in [0.1, 0.15) is 22.6 Å². The van der Waals surface area contributed by atoms with Gasteiger partial charge in [0.25, 0.3) is 0 Å². The molecule has 0 saturated carbocycles. The maximum Gasteiger partial charge on any atom is 0.0992 e. The average Bonchev–Trinajstić information content (AvgIpc) is 3.46. The lowest BCUT2D eigenvalue weighted by Gasteiger charge is -2.30. The fourth-order valence-corrected chi connectivity index (χ4v) is 6.81. The molecule has 168 valence electrons. The van der Waals surface area contributed by atoms with Crippen molar-refractivity contribution in [3.05, 3.63) is 120 Å². The Bertz CT molecular complexity index is 1840. The van der Waals surface area contributed by atoms with Gasteiger partial charge in [0.05, 0.1) is 29.3 Å². The van der Waals surface area contributed by atoms with Gasteiger partial charge in [0.1, 0.15) is 0 Å². The molecule has 7 rings (SSSR count). The third-order valence-electron chi connectivity index (χ3n) is 7.26. The summed E-state index contributed by atoms with van der Waals surface area (Å²) in [5.74, 6) is 0.255. The fourth-order valence-electron chi connectivity index (χ4n) is 5.63. The van der Waals surface area contributed by atoms with Crippen molar-refractivity contribution in [3.8, 4) is 23.3 Å². The van der Waals surface area contributed by atoms with Crippen LogP contribution in [-0.4, -0.2) is 6.04 Å². The number of nitrogens with zero attached hydrogens (tertiary/aromatic N) is 3. The molecule has 1 aromatic heterocycles. The number of benzene rings is 4. The zero-order valence-electron chi connectivity index (χ0n) is 19.2. The first kappa shape index (κ1) is 20.7. The Morgan fingerprint density at radius 1 is 0.694 bits per heavy atom. The van der Waals surface area contributed by atoms with Crippen molar-refractivity contribution < 1.29 is 0 Å². The first-order valence-electron chi connectivity index (χ1n) is 11.9. The summed E-state index contributed by atoms with van der Waals surface area (Å²) in [7, 11) is 0. The van der Waals surface area contributed by atoms with Crippen LogP contribution in [0.4, 0.5) is 11.4 Å². The Kier molecular flexibility index (Phi) is 4.58. The number of nitriles is 2. The predicted octanol–water partition coefficient (Wildman–Crippen LogP) is 8.19. The van der Waals surface area contributed by atoms with E-state index in [1.54, 1.807) is 11.3 Å². The molecule has 2 atom stereocenters. The smallest absolute Gasteiger partial charge is 0.0992 e. The van der Waals surface area contributed by atoms with Crippen molar-refractivity contribution in [3.63, 3.8) is 0 Å². The van der Waals surface area contributed by atoms with Gasteiger partial charge in [-0.2, -0.15) is 10.5 Å². The van der Waals surface area contributed by atoms with Crippen molar-refractivity contribution in [2.75, 3.05) is 4.90 Å². The number of thiophene rings is 1. The molecule has 5 aromatic rings. The molecule has 2 aliphatic rings. The lowest BCUT2D eigenvalue weighted by Crippen LogP contribution is -2.28. The standard InChI is InChI=1S/C32H19N3S/c33-18-20-9-12-25-24-6-2-4-8-29(24)35(30(25)15-20)28-7-3-1-5-23(28)22-11-14-27-26-13-10-21(19-34)16-31(26)36-32(27)17-22/h1-17,24,29H/t24-,29?/m1/s1. The molecule has 1 aliphatic carbocycles. The zero-order chi connectivity index (χ0) is 24.2. The second kappa shape index (κ2) is 7.95. The van der Waals surface area contributed by atoms with Gasteiger partial charge in [-0.15, -0.1) is 11.3 Å². The lowest BCUT2D eigenvalue weighted by molar-refractivity contribution is 0.745. The molecule has 0 spiro atoms. The van der Waals surface area contributed by atoms with Crippen molar-refractivity contribution in [1.82, 2.24) is 0 Å². The van der Waals surface area contributed by atoms with Crippen LogP contribution in [0.25, 0.3) is 31.3 Å². The number of hydrogen-bond donors (Lipinski definition) is 0. The van der Waals surface area contributed by atoms with Crippen molar-refractivity contribution >= 4 is 42.9 Å². The normalized spacial score (nSPS) is 17.7. The lowest BCUT2D eigenvalue weighted by atomic mass is 9.91. The first-order valence-corrected chi connectivity index (χ1v) is 12.7. The Hall–Kier alpha value is -4.64. The molecule has 2 heterocycles. The van der Waals surface area contributed by atoms with E-state index in [0.717, 1.165) is 27.2 Å². The third kappa shape index (κ3) is 3.02. The summed E-state index contributed by atoms with van der Waals surface area (Å²) >= 11 is 1.73. The summed E-state index contributed by atoms with van der Waals surface area (Å²) in [6.07, 6.45) is 8.75. The SMILES string of the molecule is N#Cc1ccc2c(c1)N(c1ccccc1-c1ccc3c(c1)sc1cc(C#N)ccc13)C1C=CC=C[C@H]21. The molecule has 0 amide bonds. The van der Waals surface area contributed by atoms with E-state index in [0.29, 0.717) is 11.1 Å². The number of fused-ring (bicyclic) bond motifs is 6. The van der Waals surface area contributed by atoms with Crippen LogP contribution in [0.2, 0.25) is 0 Å². The summed E-state index contributed by atoms with van der Waals surface area (Å²) in [6.45, 7) is 0. The van der Waals surface area contributed by atoms with Gasteiger partial charge >= 0.3 is 0 Å². The van der Waals surface area contributed by atoms with Gasteiger partial charge in [0, 0.05) is 43.0 Å². The van der Waals surface area contributed by atoms with Crippen molar-refractivity contribution in [2.24, 2.45) is 0 Å². The van der Waals surface area contributed by atoms with E-state index in [4.69, 9.17) is 0 Å². The van der Waals surface area contributed by atoms with Gasteiger partial charge < -0.3 is 4.90 Å². The topological polar surface area (TPSA) is 50.8 Å². The predicted molar refractivity (Wildman–Crippen MR) is 148 cm³/mol. The summed E-state index contributed by atoms with van der Waals surface area (Å²) < 4.78 is 2.34. The first-order chi connectivity index (χ1) is 17.7. The van der Waals surface area contributed by atoms with E-state index in [9.17, 15) is 10.5 Å². The molecule has 4 aromatic carbocycles. The number of anilines is 2. The minimum absolute atomic E-state index is 0.164. The van der Waals surface area contributed by atoms with Gasteiger partial charge in [-0.1, -0.05) is 66.8 Å². The highest BCUT2D eigenvalue weighted by Gasteiger charge is 2.38. The number of hydrogen-bond acceptors (Lipinski definition) is 4. The van der Waals surface area contributed by atoms with E-state index in [1.165, 1.54) is 21.0 Å². The molecule has 0 radical (unpaired) electrons. The number of rotatable bonds is 2. The molecule has 0 N–H and O–H groups in total. The molecule has 0 fully saturated rings. The van der Waals surface area contributed by atoms with Gasteiger partial charge in [-0.25, -0.2) is 0 Å². The third-order valence-corrected chi connectivity index (χ3v) is 8.37. The number of allylic oxidation sites excluding steroid dienone is 2. The van der Waals surface area contributed by atoms with Gasteiger partial charge in [0.2, 0.25) is 0 Å². The van der Waals surface area contributed by atoms with E-state index in [-0.39, 0.29) is 12.0 Å². The van der Waals surface area contributed by atoms with Crippen LogP contribution in [0.15, 0.2) is 103 Å². The molecule has 4 heteroatoms. The second-order valence-corrected chi connectivity index (χ2v) is 10.3. The Morgan fingerprint density at radius 2 is 1.42 bits per heavy atom. The minimum Gasteiger partial charge on any atom is -0.333 e. The van der Waals surface area contributed by atoms with Crippen LogP contribution < -0.4 is 4.90 Å². The van der Waals surface area contributed by atoms with Gasteiger partial charge in [0.15, 0.2) is 0 Å². The van der Waals surface area contributed by atoms with Crippen LogP contribution in [-0.2, 0) is 0 Å². The highest BCUT2D eigenvalue weighted by atomic mass is 32.1. The number of para-hydroxylation sites is 1.